The molecule has 1 unspecified atom stereocenters. The largest absolute Gasteiger partial charge is 0.344 e. The van der Waals surface area contributed by atoms with Crippen LogP contribution >= 0.6 is 11.3 Å². The van der Waals surface area contributed by atoms with Crippen molar-refractivity contribution >= 4 is 75.8 Å². The number of benzene rings is 8. The zero-order valence-electron chi connectivity index (χ0n) is 29.1. The molecular formula is C49H32N4S. The minimum Gasteiger partial charge on any atom is -0.344 e. The Labute approximate surface area is 316 Å². The molecular weight excluding hydrogens is 677 g/mol. The second-order valence-electron chi connectivity index (χ2n) is 13.8. The van der Waals surface area contributed by atoms with Crippen LogP contribution in [0.2, 0.25) is 0 Å². The number of nitrogens with zero attached hydrogens (tertiary/aromatic N) is 3. The number of hydrogen-bond donors (Lipinski definition) is 1. The Hall–Kier alpha value is -6.82. The van der Waals surface area contributed by atoms with Crippen molar-refractivity contribution in [2.24, 2.45) is 9.98 Å². The topological polar surface area (TPSA) is 41.7 Å². The first-order valence-corrected chi connectivity index (χ1v) is 19.1. The maximum absolute atomic E-state index is 5.26. The quantitative estimate of drug-likeness (QED) is 0.190. The van der Waals surface area contributed by atoms with Gasteiger partial charge in [-0.1, -0.05) is 152 Å². The molecule has 0 saturated heterocycles. The van der Waals surface area contributed by atoms with Crippen molar-refractivity contribution in [3.8, 4) is 16.8 Å². The molecule has 0 saturated carbocycles. The molecule has 0 radical (unpaired) electrons. The lowest BCUT2D eigenvalue weighted by Gasteiger charge is -2.25. The van der Waals surface area contributed by atoms with Crippen LogP contribution in [0.4, 0.5) is 0 Å². The van der Waals surface area contributed by atoms with Crippen LogP contribution in [-0.4, -0.2) is 16.2 Å². The van der Waals surface area contributed by atoms with Gasteiger partial charge in [0, 0.05) is 53.3 Å². The highest BCUT2D eigenvalue weighted by Crippen LogP contribution is 2.45. The van der Waals surface area contributed by atoms with E-state index in [1.54, 1.807) is 0 Å². The Morgan fingerprint density at radius 1 is 0.481 bits per heavy atom. The SMILES string of the molecule is c1ccc(C2=NC(c3cccc4c(-c5cc(-n6c7ccccc7c7ccccc76)cc6sc7ccccc7c56)cccc34)NC(c3ccccc3)=N2)cc1. The highest BCUT2D eigenvalue weighted by Gasteiger charge is 2.24. The zero-order valence-corrected chi connectivity index (χ0v) is 30.0. The van der Waals surface area contributed by atoms with Gasteiger partial charge in [0.25, 0.3) is 0 Å². The van der Waals surface area contributed by atoms with Gasteiger partial charge in [0.1, 0.15) is 12.0 Å². The smallest absolute Gasteiger partial charge is 0.159 e. The van der Waals surface area contributed by atoms with Gasteiger partial charge in [0.05, 0.1) is 11.0 Å². The highest BCUT2D eigenvalue weighted by molar-refractivity contribution is 7.26. The van der Waals surface area contributed by atoms with Gasteiger partial charge in [0.15, 0.2) is 5.84 Å². The number of aliphatic imine (C=N–C) groups is 2. The summed E-state index contributed by atoms with van der Waals surface area (Å²) in [5.41, 5.74) is 9.12. The third kappa shape index (κ3) is 4.90. The third-order valence-electron chi connectivity index (χ3n) is 10.7. The maximum atomic E-state index is 5.26. The van der Waals surface area contributed by atoms with Crippen LogP contribution in [0.25, 0.3) is 69.6 Å². The number of hydrogen-bond acceptors (Lipinski definition) is 4. The first-order chi connectivity index (χ1) is 26.8. The van der Waals surface area contributed by atoms with Gasteiger partial charge in [-0.05, 0) is 52.2 Å². The molecule has 54 heavy (non-hydrogen) atoms. The van der Waals surface area contributed by atoms with E-state index in [0.29, 0.717) is 0 Å². The number of para-hydroxylation sites is 2. The van der Waals surface area contributed by atoms with Crippen molar-refractivity contribution < 1.29 is 0 Å². The van der Waals surface area contributed by atoms with E-state index >= 15 is 0 Å². The average Bonchev–Trinajstić information content (AvgIpc) is 3.79. The van der Waals surface area contributed by atoms with Crippen molar-refractivity contribution in [2.45, 2.75) is 6.17 Å². The summed E-state index contributed by atoms with van der Waals surface area (Å²) in [6, 6.07) is 65.1. The molecule has 254 valence electrons. The van der Waals surface area contributed by atoms with Gasteiger partial charge in [-0.15, -0.1) is 11.3 Å². The van der Waals surface area contributed by atoms with Gasteiger partial charge in [-0.25, -0.2) is 9.98 Å². The number of rotatable bonds is 5. The first-order valence-electron chi connectivity index (χ1n) is 18.3. The number of amidine groups is 2. The van der Waals surface area contributed by atoms with Gasteiger partial charge in [-0.3, -0.25) is 0 Å². The predicted octanol–water partition coefficient (Wildman–Crippen LogP) is 12.5. The normalized spacial score (nSPS) is 14.5. The van der Waals surface area contributed by atoms with Crippen LogP contribution in [0.15, 0.2) is 192 Å². The molecule has 8 aromatic carbocycles. The molecule has 1 atom stereocenters. The maximum Gasteiger partial charge on any atom is 0.159 e. The summed E-state index contributed by atoms with van der Waals surface area (Å²) in [5.74, 6) is 1.53. The van der Waals surface area contributed by atoms with E-state index in [9.17, 15) is 0 Å². The minimum atomic E-state index is -0.335. The van der Waals surface area contributed by atoms with Crippen molar-refractivity contribution in [1.82, 2.24) is 9.88 Å². The summed E-state index contributed by atoms with van der Waals surface area (Å²) < 4.78 is 4.99. The number of nitrogens with one attached hydrogen (secondary N) is 1. The van der Waals surface area contributed by atoms with Crippen LogP contribution in [0.1, 0.15) is 22.9 Å². The third-order valence-corrected chi connectivity index (χ3v) is 11.8. The lowest BCUT2D eigenvalue weighted by molar-refractivity contribution is 0.679. The molecule has 11 rings (SSSR count). The predicted molar refractivity (Wildman–Crippen MR) is 228 cm³/mol. The lowest BCUT2D eigenvalue weighted by atomic mass is 9.92. The van der Waals surface area contributed by atoms with E-state index in [1.807, 2.05) is 35.6 Å². The molecule has 3 heterocycles. The van der Waals surface area contributed by atoms with Crippen LogP contribution in [0.5, 0.6) is 0 Å². The van der Waals surface area contributed by atoms with E-state index in [4.69, 9.17) is 9.98 Å². The summed E-state index contributed by atoms with van der Waals surface area (Å²) in [6.07, 6.45) is -0.335. The molecule has 1 aliphatic heterocycles. The molecule has 0 amide bonds. The highest BCUT2D eigenvalue weighted by atomic mass is 32.1. The summed E-state index contributed by atoms with van der Waals surface area (Å²) in [7, 11) is 0. The van der Waals surface area contributed by atoms with Crippen molar-refractivity contribution in [3.05, 3.63) is 199 Å². The Morgan fingerprint density at radius 3 is 1.85 bits per heavy atom. The van der Waals surface area contributed by atoms with E-state index in [2.05, 4.69) is 168 Å². The Kier molecular flexibility index (Phi) is 7.07. The molecule has 1 N–H and O–H groups in total. The first kappa shape index (κ1) is 30.8. The molecule has 0 spiro atoms. The zero-order chi connectivity index (χ0) is 35.6. The summed E-state index contributed by atoms with van der Waals surface area (Å²) in [4.78, 5) is 10.3. The van der Waals surface area contributed by atoms with Gasteiger partial charge in [0.2, 0.25) is 0 Å². The molecule has 4 nitrogen and oxygen atoms in total. The summed E-state index contributed by atoms with van der Waals surface area (Å²) in [5, 5.41) is 11.1. The van der Waals surface area contributed by atoms with E-state index in [1.165, 1.54) is 58.5 Å². The molecule has 0 fully saturated rings. The van der Waals surface area contributed by atoms with Crippen LogP contribution < -0.4 is 5.32 Å². The second-order valence-corrected chi connectivity index (χ2v) is 14.9. The molecule has 10 aromatic rings. The van der Waals surface area contributed by atoms with Crippen molar-refractivity contribution in [2.75, 3.05) is 0 Å². The monoisotopic (exact) mass is 708 g/mol. The fourth-order valence-corrected chi connectivity index (χ4v) is 9.42. The standard InChI is InChI=1S/C49H32N4S/c1-3-15-31(16-4-1)47-50-48(32-17-5-2-6-18-32)52-49(51-47)39-25-14-22-34-35(39)23-13-24-36(34)41-29-33(30-45-46(41)40-21-9-12-28-44(40)54-45)53-42-26-10-7-19-37(42)38-20-8-11-27-43(38)53/h1-30,49H,(H,50,51,52). The molecule has 2 aromatic heterocycles. The van der Waals surface area contributed by atoms with E-state index in [0.717, 1.165) is 39.4 Å². The Morgan fingerprint density at radius 2 is 1.09 bits per heavy atom. The minimum absolute atomic E-state index is 0.335. The average molecular weight is 709 g/mol. The molecule has 1 aliphatic rings. The number of aromatic nitrogens is 1. The van der Waals surface area contributed by atoms with E-state index < -0.39 is 0 Å². The van der Waals surface area contributed by atoms with Crippen LogP contribution in [0.3, 0.4) is 0 Å². The molecule has 0 aliphatic carbocycles. The van der Waals surface area contributed by atoms with Crippen molar-refractivity contribution in [3.63, 3.8) is 0 Å². The van der Waals surface area contributed by atoms with Gasteiger partial charge in [-0.2, -0.15) is 0 Å². The fourth-order valence-electron chi connectivity index (χ4n) is 8.26. The summed E-state index contributed by atoms with van der Waals surface area (Å²) >= 11 is 1.87. The Balaban J connectivity index is 1.15. The number of thiophene rings is 1. The Bertz CT molecular complexity index is 3080. The van der Waals surface area contributed by atoms with Crippen LogP contribution in [0, 0.1) is 0 Å². The lowest BCUT2D eigenvalue weighted by Crippen LogP contribution is -2.33. The molecule has 5 heteroatoms. The summed E-state index contributed by atoms with van der Waals surface area (Å²) in [6.45, 7) is 0. The molecule has 0 bridgehead atoms. The van der Waals surface area contributed by atoms with Crippen LogP contribution in [-0.2, 0) is 0 Å². The fraction of sp³-hybridized carbons (Fsp3) is 0.0204. The van der Waals surface area contributed by atoms with Crippen molar-refractivity contribution in [1.29, 1.82) is 0 Å². The van der Waals surface area contributed by atoms with E-state index in [-0.39, 0.29) is 6.17 Å². The number of fused-ring (bicyclic) bond motifs is 7. The second kappa shape index (κ2) is 12.4. The van der Waals surface area contributed by atoms with Gasteiger partial charge >= 0.3 is 0 Å². The van der Waals surface area contributed by atoms with Gasteiger partial charge < -0.3 is 9.88 Å².